The summed E-state index contributed by atoms with van der Waals surface area (Å²) in [6.45, 7) is 8.68. The molecule has 4 nitrogen and oxygen atoms in total. The normalized spacial score (nSPS) is 10.9. The summed E-state index contributed by atoms with van der Waals surface area (Å²) in [6.07, 6.45) is 1.98. The van der Waals surface area contributed by atoms with E-state index in [1.54, 1.807) is 18.4 Å². The van der Waals surface area contributed by atoms with Gasteiger partial charge in [0.25, 0.3) is 0 Å². The van der Waals surface area contributed by atoms with Gasteiger partial charge in [0.15, 0.2) is 5.13 Å². The zero-order valence-corrected chi connectivity index (χ0v) is 14.4. The molecule has 1 heterocycles. The minimum Gasteiger partial charge on any atom is -0.380 e. The molecule has 2 aromatic rings. The molecule has 0 aliphatic heterocycles. The van der Waals surface area contributed by atoms with E-state index in [1.165, 1.54) is 16.0 Å². The van der Waals surface area contributed by atoms with Crippen LogP contribution >= 0.6 is 11.3 Å². The Kier molecular flexibility index (Phi) is 6.83. The zero-order chi connectivity index (χ0) is 15.8. The molecule has 0 saturated carbocycles. The Morgan fingerprint density at radius 1 is 1.14 bits per heavy atom. The molecular formula is C17H25N3OS. The van der Waals surface area contributed by atoms with Gasteiger partial charge in [-0.15, -0.1) is 11.3 Å². The topological polar surface area (TPSA) is 37.4 Å². The van der Waals surface area contributed by atoms with Crippen LogP contribution < -0.4 is 10.2 Å². The van der Waals surface area contributed by atoms with Crippen molar-refractivity contribution in [2.75, 3.05) is 25.1 Å². The first-order valence-corrected chi connectivity index (χ1v) is 8.56. The molecule has 0 aliphatic rings. The van der Waals surface area contributed by atoms with Crippen LogP contribution in [-0.4, -0.2) is 25.2 Å². The molecule has 0 aliphatic carbocycles. The number of thiazole rings is 1. The third kappa shape index (κ3) is 4.53. The molecule has 0 unspecified atom stereocenters. The Labute approximate surface area is 137 Å². The first-order valence-electron chi connectivity index (χ1n) is 7.74. The van der Waals surface area contributed by atoms with Crippen molar-refractivity contribution in [3.63, 3.8) is 0 Å². The van der Waals surface area contributed by atoms with E-state index in [1.807, 2.05) is 6.20 Å². The number of aromatic nitrogens is 1. The molecule has 0 amide bonds. The van der Waals surface area contributed by atoms with Gasteiger partial charge < -0.3 is 15.0 Å². The van der Waals surface area contributed by atoms with E-state index in [0.29, 0.717) is 6.61 Å². The second-order valence-corrected chi connectivity index (χ2v) is 6.18. The summed E-state index contributed by atoms with van der Waals surface area (Å²) in [5.41, 5.74) is 2.53. The van der Waals surface area contributed by atoms with Crippen molar-refractivity contribution < 1.29 is 4.74 Å². The number of hydrogen-bond acceptors (Lipinski definition) is 5. The van der Waals surface area contributed by atoms with Gasteiger partial charge in [0.2, 0.25) is 0 Å². The molecule has 0 spiro atoms. The highest BCUT2D eigenvalue weighted by atomic mass is 32.1. The summed E-state index contributed by atoms with van der Waals surface area (Å²) in [5, 5.41) is 4.61. The maximum Gasteiger partial charge on any atom is 0.185 e. The van der Waals surface area contributed by atoms with Gasteiger partial charge in [-0.3, -0.25) is 0 Å². The fourth-order valence-electron chi connectivity index (χ4n) is 2.37. The van der Waals surface area contributed by atoms with Crippen LogP contribution in [-0.2, 0) is 24.4 Å². The number of methoxy groups -OCH3 is 1. The lowest BCUT2D eigenvalue weighted by Gasteiger charge is -2.16. The second-order valence-electron chi connectivity index (χ2n) is 5.09. The minimum absolute atomic E-state index is 0.657. The van der Waals surface area contributed by atoms with E-state index in [0.717, 1.165) is 31.3 Å². The van der Waals surface area contributed by atoms with Crippen LogP contribution in [0.5, 0.6) is 0 Å². The van der Waals surface area contributed by atoms with Gasteiger partial charge in [-0.05, 0) is 25.0 Å². The molecule has 120 valence electrons. The summed E-state index contributed by atoms with van der Waals surface area (Å²) in [4.78, 5) is 8.06. The fourth-order valence-corrected chi connectivity index (χ4v) is 3.37. The largest absolute Gasteiger partial charge is 0.380 e. The smallest absolute Gasteiger partial charge is 0.185 e. The van der Waals surface area contributed by atoms with Gasteiger partial charge in [0.1, 0.15) is 0 Å². The van der Waals surface area contributed by atoms with Crippen LogP contribution in [0.4, 0.5) is 5.13 Å². The highest BCUT2D eigenvalue weighted by Crippen LogP contribution is 2.22. The van der Waals surface area contributed by atoms with Crippen LogP contribution in [0.1, 0.15) is 29.9 Å². The summed E-state index contributed by atoms with van der Waals surface area (Å²) in [6, 6.07) is 8.39. The lowest BCUT2D eigenvalue weighted by atomic mass is 10.1. The lowest BCUT2D eigenvalue weighted by Crippen LogP contribution is -2.21. The van der Waals surface area contributed by atoms with Crippen molar-refractivity contribution in [3.8, 4) is 0 Å². The van der Waals surface area contributed by atoms with Crippen molar-refractivity contribution >= 4 is 16.5 Å². The molecule has 0 atom stereocenters. The molecule has 0 fully saturated rings. The number of ether oxygens (including phenoxy) is 1. The van der Waals surface area contributed by atoms with Crippen molar-refractivity contribution in [1.82, 2.24) is 10.3 Å². The van der Waals surface area contributed by atoms with Gasteiger partial charge in [-0.25, -0.2) is 4.98 Å². The first-order chi connectivity index (χ1) is 10.8. The molecule has 0 saturated heterocycles. The zero-order valence-electron chi connectivity index (χ0n) is 13.6. The Morgan fingerprint density at radius 3 is 2.55 bits per heavy atom. The molecule has 1 aromatic heterocycles. The van der Waals surface area contributed by atoms with Gasteiger partial charge in [0, 0.05) is 44.4 Å². The van der Waals surface area contributed by atoms with Crippen LogP contribution in [0.3, 0.4) is 0 Å². The fraction of sp³-hybridized carbons (Fsp3) is 0.471. The maximum atomic E-state index is 5.25. The molecule has 2 rings (SSSR count). The third-order valence-electron chi connectivity index (χ3n) is 3.61. The van der Waals surface area contributed by atoms with Crippen LogP contribution in [0.15, 0.2) is 30.5 Å². The average Bonchev–Trinajstić information content (AvgIpc) is 2.99. The number of benzene rings is 1. The minimum atomic E-state index is 0.657. The molecule has 0 radical (unpaired) electrons. The van der Waals surface area contributed by atoms with Gasteiger partial charge >= 0.3 is 0 Å². The van der Waals surface area contributed by atoms with E-state index in [2.05, 4.69) is 53.3 Å². The van der Waals surface area contributed by atoms with Gasteiger partial charge in [-0.1, -0.05) is 24.3 Å². The Hall–Kier alpha value is -1.43. The lowest BCUT2D eigenvalue weighted by molar-refractivity contribution is 0.184. The van der Waals surface area contributed by atoms with Crippen molar-refractivity contribution in [2.24, 2.45) is 0 Å². The Morgan fingerprint density at radius 2 is 1.86 bits per heavy atom. The first kappa shape index (κ1) is 16.9. The van der Waals surface area contributed by atoms with E-state index < -0.39 is 0 Å². The summed E-state index contributed by atoms with van der Waals surface area (Å²) >= 11 is 1.77. The highest BCUT2D eigenvalue weighted by Gasteiger charge is 2.08. The quantitative estimate of drug-likeness (QED) is 0.768. The number of hydrogen-bond donors (Lipinski definition) is 1. The van der Waals surface area contributed by atoms with Crippen molar-refractivity contribution in [3.05, 3.63) is 46.5 Å². The van der Waals surface area contributed by atoms with Crippen LogP contribution in [0, 0.1) is 0 Å². The second kappa shape index (κ2) is 8.88. The summed E-state index contributed by atoms with van der Waals surface area (Å²) in [5.74, 6) is 0. The summed E-state index contributed by atoms with van der Waals surface area (Å²) < 4.78 is 5.25. The van der Waals surface area contributed by atoms with E-state index in [4.69, 9.17) is 4.74 Å². The number of nitrogens with zero attached hydrogens (tertiary/aromatic N) is 2. The third-order valence-corrected chi connectivity index (χ3v) is 4.67. The van der Waals surface area contributed by atoms with Crippen molar-refractivity contribution in [1.29, 1.82) is 0 Å². The number of anilines is 1. The van der Waals surface area contributed by atoms with Crippen molar-refractivity contribution in [2.45, 2.75) is 33.5 Å². The van der Waals surface area contributed by atoms with E-state index in [9.17, 15) is 0 Å². The molecule has 1 N–H and O–H groups in total. The number of nitrogens with one attached hydrogen (secondary N) is 1. The standard InChI is InChI=1S/C17H25N3OS/c1-4-20(5-2)17-19-12-16(22-17)11-18-10-14-8-6-7-9-15(14)13-21-3/h6-9,12,18H,4-5,10-11,13H2,1-3H3. The van der Waals surface area contributed by atoms with Gasteiger partial charge in [0.05, 0.1) is 6.61 Å². The summed E-state index contributed by atoms with van der Waals surface area (Å²) in [7, 11) is 1.73. The Bertz CT molecular complexity index is 567. The predicted octanol–water partition coefficient (Wildman–Crippen LogP) is 3.43. The van der Waals surface area contributed by atoms with E-state index >= 15 is 0 Å². The number of rotatable bonds is 9. The van der Waals surface area contributed by atoms with Gasteiger partial charge in [-0.2, -0.15) is 0 Å². The van der Waals surface area contributed by atoms with Crippen LogP contribution in [0.25, 0.3) is 0 Å². The molecule has 1 aromatic carbocycles. The monoisotopic (exact) mass is 319 g/mol. The molecule has 0 bridgehead atoms. The maximum absolute atomic E-state index is 5.25. The Balaban J connectivity index is 1.89. The van der Waals surface area contributed by atoms with E-state index in [-0.39, 0.29) is 0 Å². The molecular weight excluding hydrogens is 294 g/mol. The molecule has 5 heteroatoms. The highest BCUT2D eigenvalue weighted by molar-refractivity contribution is 7.15. The average molecular weight is 319 g/mol. The predicted molar refractivity (Wildman–Crippen MR) is 93.4 cm³/mol. The SMILES string of the molecule is CCN(CC)c1ncc(CNCc2ccccc2COC)s1. The van der Waals surface area contributed by atoms with Crippen LogP contribution in [0.2, 0.25) is 0 Å². The molecule has 22 heavy (non-hydrogen) atoms.